The van der Waals surface area contributed by atoms with Crippen molar-refractivity contribution in [1.29, 1.82) is 0 Å². The van der Waals surface area contributed by atoms with Gasteiger partial charge < -0.3 is 15.2 Å². The molecule has 1 aromatic carbocycles. The second-order valence-corrected chi connectivity index (χ2v) is 7.93. The minimum Gasteiger partial charge on any atom is -0.359 e. The Bertz CT molecular complexity index is 783. The number of likely N-dealkylation sites (tertiary alicyclic amines) is 1. The molecule has 1 saturated heterocycles. The summed E-state index contributed by atoms with van der Waals surface area (Å²) in [5.41, 5.74) is 2.20. The summed E-state index contributed by atoms with van der Waals surface area (Å²) in [6.45, 7) is 7.73. The monoisotopic (exact) mass is 403 g/mol. The average Bonchev–Trinajstić information content (AvgIpc) is 3.36. The molecule has 0 saturated carbocycles. The number of guanidine groups is 1. The third-order valence-corrected chi connectivity index (χ3v) is 5.34. The summed E-state index contributed by atoms with van der Waals surface area (Å²) in [6.07, 6.45) is 2.49. The van der Waals surface area contributed by atoms with E-state index in [-0.39, 0.29) is 6.04 Å². The molecule has 2 heterocycles. The van der Waals surface area contributed by atoms with Crippen molar-refractivity contribution in [3.63, 3.8) is 0 Å². The van der Waals surface area contributed by atoms with Gasteiger partial charge in [-0.3, -0.25) is 9.89 Å². The maximum absolute atomic E-state index is 6.24. The van der Waals surface area contributed by atoms with E-state index in [0.717, 1.165) is 42.1 Å². The van der Waals surface area contributed by atoms with Gasteiger partial charge in [0.05, 0.1) is 18.3 Å². The zero-order chi connectivity index (χ0) is 19.9. The molecular weight excluding hydrogens is 374 g/mol. The molecule has 1 atom stereocenters. The van der Waals surface area contributed by atoms with E-state index in [1.54, 1.807) is 7.05 Å². The minimum atomic E-state index is 0.262. The number of aromatic nitrogens is 1. The highest BCUT2D eigenvalue weighted by Gasteiger charge is 2.24. The second-order valence-electron chi connectivity index (χ2n) is 7.49. The van der Waals surface area contributed by atoms with Gasteiger partial charge in [-0.2, -0.15) is 0 Å². The van der Waals surface area contributed by atoms with Gasteiger partial charge in [-0.15, -0.1) is 0 Å². The molecule has 6 nitrogen and oxygen atoms in total. The van der Waals surface area contributed by atoms with Crippen molar-refractivity contribution >= 4 is 17.6 Å². The van der Waals surface area contributed by atoms with Gasteiger partial charge in [-0.25, -0.2) is 0 Å². The van der Waals surface area contributed by atoms with Crippen molar-refractivity contribution in [3.8, 4) is 0 Å². The molecule has 3 rings (SSSR count). The Kier molecular flexibility index (Phi) is 7.34. The topological polar surface area (TPSA) is 65.7 Å². The van der Waals surface area contributed by atoms with E-state index in [9.17, 15) is 0 Å². The van der Waals surface area contributed by atoms with Gasteiger partial charge in [0.1, 0.15) is 0 Å². The van der Waals surface area contributed by atoms with Gasteiger partial charge >= 0.3 is 0 Å². The third-order valence-electron chi connectivity index (χ3n) is 5.10. The lowest BCUT2D eigenvalue weighted by Crippen LogP contribution is -2.42. The third kappa shape index (κ3) is 5.49. The zero-order valence-electron chi connectivity index (χ0n) is 16.9. The Morgan fingerprint density at radius 1 is 1.25 bits per heavy atom. The van der Waals surface area contributed by atoms with Crippen LogP contribution >= 0.6 is 11.6 Å². The molecule has 1 fully saturated rings. The molecule has 7 heteroatoms. The largest absolute Gasteiger partial charge is 0.359 e. The highest BCUT2D eigenvalue weighted by molar-refractivity contribution is 6.30. The Hall–Kier alpha value is -2.05. The van der Waals surface area contributed by atoms with Gasteiger partial charge in [-0.1, -0.05) is 42.7 Å². The quantitative estimate of drug-likeness (QED) is 0.541. The van der Waals surface area contributed by atoms with Crippen LogP contribution in [0.25, 0.3) is 0 Å². The Morgan fingerprint density at radius 2 is 2.04 bits per heavy atom. The van der Waals surface area contributed by atoms with Crippen molar-refractivity contribution in [2.45, 2.75) is 45.2 Å². The molecule has 152 valence electrons. The molecule has 1 aliphatic heterocycles. The lowest BCUT2D eigenvalue weighted by atomic mass is 10.1. The summed E-state index contributed by atoms with van der Waals surface area (Å²) in [5, 5.41) is 11.6. The Labute approximate surface area is 172 Å². The first-order valence-electron chi connectivity index (χ1n) is 9.96. The van der Waals surface area contributed by atoms with Crippen LogP contribution in [0.2, 0.25) is 5.02 Å². The van der Waals surface area contributed by atoms with E-state index < -0.39 is 0 Å². The van der Waals surface area contributed by atoms with E-state index in [4.69, 9.17) is 16.1 Å². The van der Waals surface area contributed by atoms with Gasteiger partial charge in [0.25, 0.3) is 0 Å². The fourth-order valence-electron chi connectivity index (χ4n) is 3.49. The number of aliphatic imine (C=N–C) groups is 1. The summed E-state index contributed by atoms with van der Waals surface area (Å²) < 4.78 is 5.39. The second kappa shape index (κ2) is 9.94. The highest BCUT2D eigenvalue weighted by atomic mass is 35.5. The number of halogens is 1. The van der Waals surface area contributed by atoms with Crippen molar-refractivity contribution in [1.82, 2.24) is 20.7 Å². The molecule has 1 unspecified atom stereocenters. The molecule has 2 aromatic rings. The van der Waals surface area contributed by atoms with Crippen molar-refractivity contribution in [3.05, 3.63) is 52.4 Å². The zero-order valence-corrected chi connectivity index (χ0v) is 17.7. The summed E-state index contributed by atoms with van der Waals surface area (Å²) >= 11 is 6.24. The molecule has 0 amide bonds. The van der Waals surface area contributed by atoms with E-state index >= 15 is 0 Å². The van der Waals surface area contributed by atoms with Crippen LogP contribution in [0.1, 0.15) is 55.7 Å². The standard InChI is InChI=1S/C21H30ClN5O/c1-15(2)19-12-18(28-26-19)13-24-21(23-3)25-14-20(27-9-4-5-10-27)16-7-6-8-17(22)11-16/h6-8,11-12,15,20H,4-5,9-10,13-14H2,1-3H3,(H2,23,24,25). The van der Waals surface area contributed by atoms with Crippen LogP contribution in [-0.4, -0.2) is 42.7 Å². The molecule has 1 aliphatic rings. The number of nitrogens with zero attached hydrogens (tertiary/aromatic N) is 3. The molecule has 0 bridgehead atoms. The van der Waals surface area contributed by atoms with Crippen LogP contribution in [0, 0.1) is 0 Å². The Balaban J connectivity index is 1.60. The van der Waals surface area contributed by atoms with E-state index in [2.05, 4.69) is 51.7 Å². The van der Waals surface area contributed by atoms with Gasteiger partial charge in [0, 0.05) is 24.7 Å². The number of hydrogen-bond acceptors (Lipinski definition) is 4. The Morgan fingerprint density at radius 3 is 2.68 bits per heavy atom. The van der Waals surface area contributed by atoms with Gasteiger partial charge in [0.2, 0.25) is 0 Å². The molecule has 28 heavy (non-hydrogen) atoms. The van der Waals surface area contributed by atoms with Crippen LogP contribution in [0.4, 0.5) is 0 Å². The first-order valence-corrected chi connectivity index (χ1v) is 10.3. The highest BCUT2D eigenvalue weighted by Crippen LogP contribution is 2.26. The van der Waals surface area contributed by atoms with Crippen molar-refractivity contribution in [2.24, 2.45) is 4.99 Å². The maximum Gasteiger partial charge on any atom is 0.191 e. The maximum atomic E-state index is 6.24. The first kappa shape index (κ1) is 20.7. The average molecular weight is 404 g/mol. The summed E-state index contributed by atoms with van der Waals surface area (Å²) in [7, 11) is 1.78. The number of nitrogens with one attached hydrogen (secondary N) is 2. The molecule has 0 aliphatic carbocycles. The fraction of sp³-hybridized carbons (Fsp3) is 0.524. The van der Waals surface area contributed by atoms with Gasteiger partial charge in [0.15, 0.2) is 11.7 Å². The first-order chi connectivity index (χ1) is 13.6. The van der Waals surface area contributed by atoms with E-state index in [1.165, 1.54) is 18.4 Å². The predicted octanol–water partition coefficient (Wildman–Crippen LogP) is 3.95. The molecular formula is C21H30ClN5O. The molecule has 1 aromatic heterocycles. The van der Waals surface area contributed by atoms with E-state index in [0.29, 0.717) is 12.5 Å². The number of rotatable bonds is 7. The SMILES string of the molecule is CN=C(NCc1cc(C(C)C)no1)NCC(c1cccc(Cl)c1)N1CCCC1. The molecule has 2 N–H and O–H groups in total. The number of benzene rings is 1. The lowest BCUT2D eigenvalue weighted by molar-refractivity contribution is 0.245. The fourth-order valence-corrected chi connectivity index (χ4v) is 3.69. The predicted molar refractivity (Wildman–Crippen MR) is 114 cm³/mol. The van der Waals surface area contributed by atoms with Crippen molar-refractivity contribution in [2.75, 3.05) is 26.7 Å². The number of hydrogen-bond donors (Lipinski definition) is 2. The summed E-state index contributed by atoms with van der Waals surface area (Å²) in [6, 6.07) is 10.4. The summed E-state index contributed by atoms with van der Waals surface area (Å²) in [5.74, 6) is 1.90. The van der Waals surface area contributed by atoms with Crippen LogP contribution < -0.4 is 10.6 Å². The van der Waals surface area contributed by atoms with Crippen LogP contribution in [-0.2, 0) is 6.54 Å². The minimum absolute atomic E-state index is 0.262. The van der Waals surface area contributed by atoms with Crippen LogP contribution in [0.5, 0.6) is 0 Å². The van der Waals surface area contributed by atoms with Crippen LogP contribution in [0.15, 0.2) is 39.8 Å². The summed E-state index contributed by atoms with van der Waals surface area (Å²) in [4.78, 5) is 6.85. The smallest absolute Gasteiger partial charge is 0.191 e. The van der Waals surface area contributed by atoms with Crippen molar-refractivity contribution < 1.29 is 4.52 Å². The van der Waals surface area contributed by atoms with E-state index in [1.807, 2.05) is 18.2 Å². The molecule has 0 spiro atoms. The lowest BCUT2D eigenvalue weighted by Gasteiger charge is -2.29. The normalized spacial score (nSPS) is 16.5. The van der Waals surface area contributed by atoms with Crippen LogP contribution in [0.3, 0.4) is 0 Å². The van der Waals surface area contributed by atoms with Gasteiger partial charge in [-0.05, 0) is 49.5 Å². The molecule has 0 radical (unpaired) electrons.